The van der Waals surface area contributed by atoms with Gasteiger partial charge in [0.25, 0.3) is 11.8 Å². The third-order valence-electron chi connectivity index (χ3n) is 5.53. The summed E-state index contributed by atoms with van der Waals surface area (Å²) in [6.45, 7) is 6.04. The second-order valence-electron chi connectivity index (χ2n) is 8.46. The van der Waals surface area contributed by atoms with Gasteiger partial charge in [-0.05, 0) is 61.6 Å². The Balaban J connectivity index is 1.55. The maximum absolute atomic E-state index is 12.9. The number of nitrogens with zero attached hydrogens (tertiary/aromatic N) is 1. The summed E-state index contributed by atoms with van der Waals surface area (Å²) in [7, 11) is 0. The number of hydrogen-bond acceptors (Lipinski definition) is 3. The van der Waals surface area contributed by atoms with Crippen LogP contribution >= 0.6 is 0 Å². The summed E-state index contributed by atoms with van der Waals surface area (Å²) in [5.41, 5.74) is 1.76. The fourth-order valence-corrected chi connectivity index (χ4v) is 3.68. The number of carbonyl (C=O) groups is 3. The van der Waals surface area contributed by atoms with E-state index in [2.05, 4.69) is 24.5 Å². The number of rotatable bonds is 7. The Bertz CT molecular complexity index is 894. The smallest absolute Gasteiger partial charge is 0.255 e. The van der Waals surface area contributed by atoms with Crippen LogP contribution in [0.2, 0.25) is 0 Å². The van der Waals surface area contributed by atoms with Gasteiger partial charge in [0.15, 0.2) is 0 Å². The highest BCUT2D eigenvalue weighted by molar-refractivity contribution is 6.04. The highest BCUT2D eigenvalue weighted by atomic mass is 16.2. The first-order chi connectivity index (χ1) is 14.9. The summed E-state index contributed by atoms with van der Waals surface area (Å²) in [5.74, 6) is 0.152. The van der Waals surface area contributed by atoms with Crippen LogP contribution in [0.3, 0.4) is 0 Å². The Morgan fingerprint density at radius 3 is 2.39 bits per heavy atom. The molecule has 31 heavy (non-hydrogen) atoms. The summed E-state index contributed by atoms with van der Waals surface area (Å²) >= 11 is 0. The van der Waals surface area contributed by atoms with Crippen molar-refractivity contribution >= 4 is 23.4 Å². The molecule has 3 rings (SSSR count). The molecule has 0 aliphatic carbocycles. The molecule has 164 valence electrons. The first kappa shape index (κ1) is 22.5. The lowest BCUT2D eigenvalue weighted by Crippen LogP contribution is -2.45. The van der Waals surface area contributed by atoms with E-state index in [0.29, 0.717) is 42.4 Å². The molecule has 1 aliphatic heterocycles. The molecule has 0 saturated carbocycles. The van der Waals surface area contributed by atoms with Crippen LogP contribution < -0.4 is 10.6 Å². The molecule has 6 nitrogen and oxygen atoms in total. The third-order valence-corrected chi connectivity index (χ3v) is 5.53. The largest absolute Gasteiger partial charge is 0.356 e. The van der Waals surface area contributed by atoms with E-state index in [9.17, 15) is 14.4 Å². The highest BCUT2D eigenvalue weighted by Crippen LogP contribution is 2.20. The van der Waals surface area contributed by atoms with Crippen LogP contribution in [-0.2, 0) is 4.79 Å². The highest BCUT2D eigenvalue weighted by Gasteiger charge is 2.28. The minimum Gasteiger partial charge on any atom is -0.356 e. The topological polar surface area (TPSA) is 78.5 Å². The van der Waals surface area contributed by atoms with Crippen molar-refractivity contribution < 1.29 is 14.4 Å². The second kappa shape index (κ2) is 10.8. The van der Waals surface area contributed by atoms with Gasteiger partial charge < -0.3 is 15.5 Å². The average Bonchev–Trinajstić information content (AvgIpc) is 2.79. The molecule has 0 radical (unpaired) electrons. The van der Waals surface area contributed by atoms with Crippen LogP contribution in [-0.4, -0.2) is 42.3 Å². The minimum absolute atomic E-state index is 0.0390. The SMILES string of the molecule is CC(C)CCNC(=O)C1CCCN(C(=O)c2ccc(NC(=O)c3ccccc3)cc2)C1. The van der Waals surface area contributed by atoms with Crippen molar-refractivity contribution in [1.82, 2.24) is 10.2 Å². The van der Waals surface area contributed by atoms with Crippen molar-refractivity contribution in [2.24, 2.45) is 11.8 Å². The zero-order valence-corrected chi connectivity index (χ0v) is 18.3. The van der Waals surface area contributed by atoms with Gasteiger partial charge in [0.1, 0.15) is 0 Å². The number of anilines is 1. The molecule has 0 bridgehead atoms. The molecule has 6 heteroatoms. The van der Waals surface area contributed by atoms with Crippen molar-refractivity contribution in [3.63, 3.8) is 0 Å². The van der Waals surface area contributed by atoms with Crippen LogP contribution in [0.1, 0.15) is 53.8 Å². The van der Waals surface area contributed by atoms with Crippen LogP contribution in [0.25, 0.3) is 0 Å². The van der Waals surface area contributed by atoms with Gasteiger partial charge in [-0.15, -0.1) is 0 Å². The van der Waals surface area contributed by atoms with Crippen LogP contribution in [0, 0.1) is 11.8 Å². The molecule has 1 fully saturated rings. The number of hydrogen-bond donors (Lipinski definition) is 2. The van der Waals surface area contributed by atoms with Gasteiger partial charge in [0, 0.05) is 36.4 Å². The van der Waals surface area contributed by atoms with E-state index in [1.807, 2.05) is 18.2 Å². The number of nitrogens with one attached hydrogen (secondary N) is 2. The lowest BCUT2D eigenvalue weighted by molar-refractivity contribution is -0.126. The van der Waals surface area contributed by atoms with Gasteiger partial charge in [-0.3, -0.25) is 14.4 Å². The summed E-state index contributed by atoms with van der Waals surface area (Å²) < 4.78 is 0. The maximum atomic E-state index is 12.9. The first-order valence-electron chi connectivity index (χ1n) is 11.0. The van der Waals surface area contributed by atoms with Crippen molar-refractivity contribution in [3.05, 3.63) is 65.7 Å². The Morgan fingerprint density at radius 1 is 1.00 bits per heavy atom. The minimum atomic E-state index is -0.193. The van der Waals surface area contributed by atoms with Gasteiger partial charge in [-0.25, -0.2) is 0 Å². The summed E-state index contributed by atoms with van der Waals surface area (Å²) in [6, 6.07) is 15.9. The summed E-state index contributed by atoms with van der Waals surface area (Å²) in [6.07, 6.45) is 2.58. The number of benzene rings is 2. The van der Waals surface area contributed by atoms with E-state index in [4.69, 9.17) is 0 Å². The molecule has 0 aromatic heterocycles. The first-order valence-corrected chi connectivity index (χ1v) is 11.0. The predicted molar refractivity (Wildman–Crippen MR) is 122 cm³/mol. The van der Waals surface area contributed by atoms with E-state index in [-0.39, 0.29) is 23.6 Å². The number of amides is 3. The second-order valence-corrected chi connectivity index (χ2v) is 8.46. The van der Waals surface area contributed by atoms with Crippen LogP contribution in [0.5, 0.6) is 0 Å². The van der Waals surface area contributed by atoms with Gasteiger partial charge in [-0.2, -0.15) is 0 Å². The number of carbonyl (C=O) groups excluding carboxylic acids is 3. The van der Waals surface area contributed by atoms with Crippen molar-refractivity contribution in [2.45, 2.75) is 33.1 Å². The Morgan fingerprint density at radius 2 is 1.71 bits per heavy atom. The molecule has 3 amide bonds. The normalized spacial score (nSPS) is 16.1. The summed E-state index contributed by atoms with van der Waals surface area (Å²) in [5, 5.41) is 5.84. The maximum Gasteiger partial charge on any atom is 0.255 e. The molecule has 1 aliphatic rings. The Labute approximate surface area is 184 Å². The Hall–Kier alpha value is -3.15. The molecule has 1 atom stereocenters. The van der Waals surface area contributed by atoms with Gasteiger partial charge >= 0.3 is 0 Å². The molecule has 1 heterocycles. The average molecular weight is 422 g/mol. The molecule has 1 saturated heterocycles. The monoisotopic (exact) mass is 421 g/mol. The zero-order valence-electron chi connectivity index (χ0n) is 18.3. The number of piperidine rings is 1. The molecule has 0 spiro atoms. The van der Waals surface area contributed by atoms with Gasteiger partial charge in [-0.1, -0.05) is 32.0 Å². The standard InChI is InChI=1S/C25H31N3O3/c1-18(2)14-15-26-23(29)21-9-6-16-28(17-21)25(31)20-10-12-22(13-11-20)27-24(30)19-7-4-3-5-8-19/h3-5,7-8,10-13,18,21H,6,9,14-17H2,1-2H3,(H,26,29)(H,27,30). The molecule has 1 unspecified atom stereocenters. The predicted octanol–water partition coefficient (Wildman–Crippen LogP) is 3.95. The molecule has 2 N–H and O–H groups in total. The Kier molecular flexibility index (Phi) is 7.82. The third kappa shape index (κ3) is 6.41. The number of likely N-dealkylation sites (tertiary alicyclic amines) is 1. The van der Waals surface area contributed by atoms with Gasteiger partial charge in [0.05, 0.1) is 5.92 Å². The summed E-state index contributed by atoms with van der Waals surface area (Å²) in [4.78, 5) is 39.4. The van der Waals surface area contributed by atoms with E-state index < -0.39 is 0 Å². The molecule has 2 aromatic carbocycles. The van der Waals surface area contributed by atoms with Crippen molar-refractivity contribution in [2.75, 3.05) is 25.0 Å². The lowest BCUT2D eigenvalue weighted by atomic mass is 9.96. The quantitative estimate of drug-likeness (QED) is 0.710. The van der Waals surface area contributed by atoms with Crippen molar-refractivity contribution in [3.8, 4) is 0 Å². The van der Waals surface area contributed by atoms with Crippen molar-refractivity contribution in [1.29, 1.82) is 0 Å². The molecule has 2 aromatic rings. The van der Waals surface area contributed by atoms with E-state index in [1.165, 1.54) is 0 Å². The lowest BCUT2D eigenvalue weighted by Gasteiger charge is -2.32. The van der Waals surface area contributed by atoms with Crippen LogP contribution in [0.15, 0.2) is 54.6 Å². The molecular formula is C25H31N3O3. The fourth-order valence-electron chi connectivity index (χ4n) is 3.68. The fraction of sp³-hybridized carbons (Fsp3) is 0.400. The van der Waals surface area contributed by atoms with Crippen LogP contribution in [0.4, 0.5) is 5.69 Å². The zero-order chi connectivity index (χ0) is 22.2. The van der Waals surface area contributed by atoms with E-state index in [1.54, 1.807) is 41.3 Å². The van der Waals surface area contributed by atoms with E-state index in [0.717, 1.165) is 19.3 Å². The van der Waals surface area contributed by atoms with E-state index >= 15 is 0 Å². The molecular weight excluding hydrogens is 390 g/mol. The van der Waals surface area contributed by atoms with Gasteiger partial charge in [0.2, 0.25) is 5.91 Å².